The van der Waals surface area contributed by atoms with Crippen LogP contribution in [0.4, 0.5) is 20.2 Å². The first-order valence-corrected chi connectivity index (χ1v) is 6.98. The number of aromatic nitrogens is 1. The van der Waals surface area contributed by atoms with Gasteiger partial charge in [-0.05, 0) is 31.2 Å². The molecule has 1 aromatic heterocycles. The summed E-state index contributed by atoms with van der Waals surface area (Å²) in [5.74, 6) is -1.46. The molecule has 0 bridgehead atoms. The van der Waals surface area contributed by atoms with Crippen LogP contribution in [0.25, 0.3) is 0 Å². The van der Waals surface area contributed by atoms with Crippen molar-refractivity contribution >= 4 is 21.4 Å². The number of rotatable bonds is 3. The lowest BCUT2D eigenvalue weighted by molar-refractivity contribution is 0.583. The number of hydrogen-bond acceptors (Lipinski definition) is 4. The molecule has 5 nitrogen and oxygen atoms in total. The van der Waals surface area contributed by atoms with Crippen LogP contribution in [-0.2, 0) is 10.0 Å². The number of nitrogen functional groups attached to an aromatic ring is 1. The summed E-state index contributed by atoms with van der Waals surface area (Å²) in [4.78, 5) is 3.04. The summed E-state index contributed by atoms with van der Waals surface area (Å²) < 4.78 is 52.7. The van der Waals surface area contributed by atoms with Gasteiger partial charge in [-0.1, -0.05) is 0 Å². The number of nitrogens with zero attached hydrogens (tertiary/aromatic N) is 1. The number of pyridine rings is 1. The zero-order valence-corrected chi connectivity index (χ0v) is 11.2. The van der Waals surface area contributed by atoms with E-state index in [4.69, 9.17) is 5.73 Å². The van der Waals surface area contributed by atoms with Gasteiger partial charge in [0.25, 0.3) is 10.0 Å². The molecule has 0 amide bonds. The Morgan fingerprint density at radius 2 is 1.95 bits per heavy atom. The summed E-state index contributed by atoms with van der Waals surface area (Å²) in [5.41, 5.74) is 5.45. The quantitative estimate of drug-likeness (QED) is 0.671. The van der Waals surface area contributed by atoms with Gasteiger partial charge in [0.05, 0.1) is 16.8 Å². The minimum atomic E-state index is -4.03. The highest BCUT2D eigenvalue weighted by atomic mass is 32.2. The third-order valence-electron chi connectivity index (χ3n) is 2.59. The predicted octanol–water partition coefficient (Wildman–Crippen LogP) is 2.05. The molecule has 0 saturated heterocycles. The molecule has 20 heavy (non-hydrogen) atoms. The summed E-state index contributed by atoms with van der Waals surface area (Å²) in [5, 5.41) is 0. The number of sulfonamides is 1. The van der Waals surface area contributed by atoms with E-state index in [2.05, 4.69) is 9.71 Å². The van der Waals surface area contributed by atoms with Gasteiger partial charge in [-0.25, -0.2) is 17.8 Å². The van der Waals surface area contributed by atoms with Crippen molar-refractivity contribution in [1.29, 1.82) is 0 Å². The Labute approximate surface area is 114 Å². The third kappa shape index (κ3) is 2.85. The van der Waals surface area contributed by atoms with Gasteiger partial charge in [-0.15, -0.1) is 0 Å². The highest BCUT2D eigenvalue weighted by Crippen LogP contribution is 2.23. The van der Waals surface area contributed by atoms with E-state index in [0.29, 0.717) is 0 Å². The number of hydrogen-bond donors (Lipinski definition) is 2. The van der Waals surface area contributed by atoms with Gasteiger partial charge < -0.3 is 5.73 Å². The molecule has 0 atom stereocenters. The fourth-order valence-electron chi connectivity index (χ4n) is 1.60. The molecule has 0 aliphatic rings. The van der Waals surface area contributed by atoms with Gasteiger partial charge in [-0.3, -0.25) is 4.72 Å². The maximum Gasteiger partial charge on any atom is 0.262 e. The first-order chi connectivity index (χ1) is 9.29. The van der Waals surface area contributed by atoms with Crippen LogP contribution in [0.3, 0.4) is 0 Å². The molecule has 1 aromatic carbocycles. The molecule has 2 rings (SSSR count). The molecule has 0 unspecified atom stereocenters. The zero-order chi connectivity index (χ0) is 14.9. The predicted molar refractivity (Wildman–Crippen MR) is 70.6 cm³/mol. The van der Waals surface area contributed by atoms with Gasteiger partial charge in [0, 0.05) is 11.3 Å². The summed E-state index contributed by atoms with van der Waals surface area (Å²) in [6.07, 6.45) is 1.02. The van der Waals surface area contributed by atoms with Crippen LogP contribution in [-0.4, -0.2) is 13.4 Å². The lowest BCUT2D eigenvalue weighted by Crippen LogP contribution is -2.15. The second kappa shape index (κ2) is 5.04. The standard InChI is InChI=1S/C12H11F2N3O2S/c1-7-10(13)4-8(15)5-11(7)20(18,19)17-9-2-3-12(14)16-6-9/h2-6,17H,15H2,1H3. The molecule has 0 aliphatic heterocycles. The van der Waals surface area contributed by atoms with E-state index >= 15 is 0 Å². The maximum absolute atomic E-state index is 13.5. The van der Waals surface area contributed by atoms with Gasteiger partial charge in [0.15, 0.2) is 0 Å². The number of anilines is 2. The number of nitrogens with two attached hydrogens (primary N) is 1. The van der Waals surface area contributed by atoms with Crippen molar-refractivity contribution in [3.05, 3.63) is 47.8 Å². The molecule has 1 heterocycles. The molecule has 0 saturated carbocycles. The van der Waals surface area contributed by atoms with Gasteiger partial charge in [0.2, 0.25) is 5.95 Å². The Morgan fingerprint density at radius 1 is 1.25 bits per heavy atom. The van der Waals surface area contributed by atoms with Crippen LogP contribution in [0.1, 0.15) is 5.56 Å². The number of nitrogens with one attached hydrogen (secondary N) is 1. The van der Waals surface area contributed by atoms with Gasteiger partial charge in [-0.2, -0.15) is 4.39 Å². The Bertz CT molecular complexity index is 746. The topological polar surface area (TPSA) is 85.1 Å². The average molecular weight is 299 g/mol. The summed E-state index contributed by atoms with van der Waals surface area (Å²) in [7, 11) is -4.03. The summed E-state index contributed by atoms with van der Waals surface area (Å²) in [6.45, 7) is 1.33. The highest BCUT2D eigenvalue weighted by molar-refractivity contribution is 7.92. The van der Waals surface area contributed by atoms with Crippen molar-refractivity contribution in [2.45, 2.75) is 11.8 Å². The SMILES string of the molecule is Cc1c(F)cc(N)cc1S(=O)(=O)Nc1ccc(F)nc1. The molecule has 0 radical (unpaired) electrons. The Morgan fingerprint density at radius 3 is 2.55 bits per heavy atom. The molecule has 0 fully saturated rings. The van der Waals surface area contributed by atoms with Gasteiger partial charge >= 0.3 is 0 Å². The van der Waals surface area contributed by atoms with Crippen LogP contribution >= 0.6 is 0 Å². The first kappa shape index (κ1) is 14.2. The average Bonchev–Trinajstić information content (AvgIpc) is 2.36. The van der Waals surface area contributed by atoms with E-state index in [1.807, 2.05) is 0 Å². The van der Waals surface area contributed by atoms with Crippen LogP contribution in [0, 0.1) is 18.7 Å². The lowest BCUT2D eigenvalue weighted by Gasteiger charge is -2.11. The summed E-state index contributed by atoms with van der Waals surface area (Å²) in [6, 6.07) is 4.40. The molecular weight excluding hydrogens is 288 g/mol. The molecule has 3 N–H and O–H groups in total. The second-order valence-corrected chi connectivity index (χ2v) is 5.75. The van der Waals surface area contributed by atoms with Crippen molar-refractivity contribution in [1.82, 2.24) is 4.98 Å². The van der Waals surface area contributed by atoms with Crippen molar-refractivity contribution < 1.29 is 17.2 Å². The second-order valence-electron chi connectivity index (χ2n) is 4.10. The van der Waals surface area contributed by atoms with Crippen molar-refractivity contribution in [3.8, 4) is 0 Å². The van der Waals surface area contributed by atoms with Crippen molar-refractivity contribution in [2.24, 2.45) is 0 Å². The van der Waals surface area contributed by atoms with E-state index in [1.165, 1.54) is 13.0 Å². The minimum Gasteiger partial charge on any atom is -0.399 e. The highest BCUT2D eigenvalue weighted by Gasteiger charge is 2.20. The van der Waals surface area contributed by atoms with Gasteiger partial charge in [0.1, 0.15) is 5.82 Å². The molecular formula is C12H11F2N3O2S. The van der Waals surface area contributed by atoms with Crippen LogP contribution in [0.5, 0.6) is 0 Å². The van der Waals surface area contributed by atoms with E-state index in [9.17, 15) is 17.2 Å². The van der Waals surface area contributed by atoms with E-state index in [-0.39, 0.29) is 21.8 Å². The zero-order valence-electron chi connectivity index (χ0n) is 10.4. The largest absolute Gasteiger partial charge is 0.399 e. The Balaban J connectivity index is 2.43. The van der Waals surface area contributed by atoms with E-state index < -0.39 is 21.8 Å². The van der Waals surface area contributed by atoms with Crippen LogP contribution in [0.15, 0.2) is 35.4 Å². The Hall–Kier alpha value is -2.22. The molecule has 8 heteroatoms. The number of benzene rings is 1. The molecule has 2 aromatic rings. The number of halogens is 2. The fourth-order valence-corrected chi connectivity index (χ4v) is 2.93. The first-order valence-electron chi connectivity index (χ1n) is 5.49. The third-order valence-corrected chi connectivity index (χ3v) is 4.10. The minimum absolute atomic E-state index is 0.00861. The lowest BCUT2D eigenvalue weighted by atomic mass is 10.2. The monoisotopic (exact) mass is 299 g/mol. The molecule has 106 valence electrons. The Kier molecular flexibility index (Phi) is 3.58. The van der Waals surface area contributed by atoms with Crippen molar-refractivity contribution in [2.75, 3.05) is 10.5 Å². The van der Waals surface area contributed by atoms with E-state index in [1.54, 1.807) is 0 Å². The maximum atomic E-state index is 13.5. The van der Waals surface area contributed by atoms with Crippen LogP contribution in [0.2, 0.25) is 0 Å². The summed E-state index contributed by atoms with van der Waals surface area (Å²) >= 11 is 0. The smallest absolute Gasteiger partial charge is 0.262 e. The fraction of sp³-hybridized carbons (Fsp3) is 0.0833. The molecule has 0 aliphatic carbocycles. The van der Waals surface area contributed by atoms with Crippen molar-refractivity contribution in [3.63, 3.8) is 0 Å². The van der Waals surface area contributed by atoms with E-state index in [0.717, 1.165) is 24.4 Å². The van der Waals surface area contributed by atoms with Crippen LogP contribution < -0.4 is 10.5 Å². The normalized spacial score (nSPS) is 11.3. The molecule has 0 spiro atoms.